The van der Waals surface area contributed by atoms with Crippen molar-refractivity contribution in [2.45, 2.75) is 39.3 Å². The summed E-state index contributed by atoms with van der Waals surface area (Å²) in [5, 5.41) is 3.99. The largest absolute Gasteiger partial charge is 0.347 e. The number of fused-ring (bicyclic) bond motifs is 1. The standard InChI is InChI=1S/C15H21N3O/c1-3-8-18-9-7-11-10-12(5-6-14(11)18)17-15(19)13(16)4-2/h5-7,9-10,13H,3-4,8,16H2,1-2H3,(H,17,19)/t13-/m0/s1. The summed E-state index contributed by atoms with van der Waals surface area (Å²) in [6.07, 6.45) is 3.83. The molecule has 0 bridgehead atoms. The Labute approximate surface area is 113 Å². The van der Waals surface area contributed by atoms with Crippen molar-refractivity contribution in [3.8, 4) is 0 Å². The van der Waals surface area contributed by atoms with E-state index < -0.39 is 6.04 Å². The average molecular weight is 259 g/mol. The quantitative estimate of drug-likeness (QED) is 0.867. The first-order valence-corrected chi connectivity index (χ1v) is 6.81. The predicted molar refractivity (Wildman–Crippen MR) is 79.1 cm³/mol. The van der Waals surface area contributed by atoms with Gasteiger partial charge in [-0.15, -0.1) is 0 Å². The van der Waals surface area contributed by atoms with E-state index in [2.05, 4.69) is 29.1 Å². The summed E-state index contributed by atoms with van der Waals surface area (Å²) in [6.45, 7) is 5.07. The first kappa shape index (κ1) is 13.6. The molecular weight excluding hydrogens is 238 g/mol. The van der Waals surface area contributed by atoms with Crippen molar-refractivity contribution in [1.82, 2.24) is 4.57 Å². The maximum Gasteiger partial charge on any atom is 0.241 e. The second-order valence-electron chi connectivity index (χ2n) is 4.79. The molecule has 0 aliphatic carbocycles. The number of carbonyl (C=O) groups is 1. The number of nitrogens with two attached hydrogens (primary N) is 1. The molecule has 0 aliphatic heterocycles. The molecule has 2 rings (SSSR count). The van der Waals surface area contributed by atoms with Crippen LogP contribution < -0.4 is 11.1 Å². The molecule has 19 heavy (non-hydrogen) atoms. The summed E-state index contributed by atoms with van der Waals surface area (Å²) in [6, 6.07) is 7.58. The molecule has 0 radical (unpaired) electrons. The molecule has 1 aromatic carbocycles. The number of benzene rings is 1. The van der Waals surface area contributed by atoms with Gasteiger partial charge in [-0.3, -0.25) is 4.79 Å². The molecule has 4 nitrogen and oxygen atoms in total. The Morgan fingerprint density at radius 2 is 2.16 bits per heavy atom. The molecule has 1 atom stereocenters. The third-order valence-corrected chi connectivity index (χ3v) is 3.28. The Bertz CT molecular complexity index is 574. The van der Waals surface area contributed by atoms with E-state index >= 15 is 0 Å². The maximum atomic E-state index is 11.7. The highest BCUT2D eigenvalue weighted by Gasteiger charge is 2.11. The number of nitrogens with zero attached hydrogens (tertiary/aromatic N) is 1. The van der Waals surface area contributed by atoms with Gasteiger partial charge < -0.3 is 15.6 Å². The van der Waals surface area contributed by atoms with E-state index in [1.54, 1.807) is 0 Å². The zero-order valence-electron chi connectivity index (χ0n) is 11.5. The molecule has 0 spiro atoms. The van der Waals surface area contributed by atoms with Crippen LogP contribution in [0.15, 0.2) is 30.5 Å². The third kappa shape index (κ3) is 2.96. The van der Waals surface area contributed by atoms with Crippen LogP contribution in [0, 0.1) is 0 Å². The summed E-state index contributed by atoms with van der Waals surface area (Å²) >= 11 is 0. The van der Waals surface area contributed by atoms with Crippen molar-refractivity contribution in [3.63, 3.8) is 0 Å². The number of hydrogen-bond acceptors (Lipinski definition) is 2. The summed E-state index contributed by atoms with van der Waals surface area (Å²) in [4.78, 5) is 11.7. The van der Waals surface area contributed by atoms with Crippen LogP contribution >= 0.6 is 0 Å². The minimum atomic E-state index is -0.444. The van der Waals surface area contributed by atoms with E-state index in [1.807, 2.05) is 25.1 Å². The summed E-state index contributed by atoms with van der Waals surface area (Å²) in [5.41, 5.74) is 7.70. The molecule has 2 aromatic rings. The van der Waals surface area contributed by atoms with Crippen LogP contribution in [0.1, 0.15) is 26.7 Å². The van der Waals surface area contributed by atoms with Crippen LogP contribution in [0.5, 0.6) is 0 Å². The van der Waals surface area contributed by atoms with E-state index in [1.165, 1.54) is 5.52 Å². The molecule has 0 saturated heterocycles. The van der Waals surface area contributed by atoms with Gasteiger partial charge >= 0.3 is 0 Å². The number of hydrogen-bond donors (Lipinski definition) is 2. The normalized spacial score (nSPS) is 12.6. The third-order valence-electron chi connectivity index (χ3n) is 3.28. The van der Waals surface area contributed by atoms with Gasteiger partial charge in [0, 0.05) is 29.3 Å². The fourth-order valence-electron chi connectivity index (χ4n) is 2.13. The lowest BCUT2D eigenvalue weighted by Crippen LogP contribution is -2.34. The van der Waals surface area contributed by atoms with Gasteiger partial charge in [-0.1, -0.05) is 13.8 Å². The van der Waals surface area contributed by atoms with Crippen LogP contribution in [0.3, 0.4) is 0 Å². The van der Waals surface area contributed by atoms with E-state index in [-0.39, 0.29) is 5.91 Å². The van der Waals surface area contributed by atoms with Crippen LogP contribution in [-0.2, 0) is 11.3 Å². The predicted octanol–water partition coefficient (Wildman–Crippen LogP) is 2.73. The Hall–Kier alpha value is -1.81. The van der Waals surface area contributed by atoms with Gasteiger partial charge in [-0.05, 0) is 37.1 Å². The van der Waals surface area contributed by atoms with E-state index in [0.29, 0.717) is 6.42 Å². The fourth-order valence-corrected chi connectivity index (χ4v) is 2.13. The van der Waals surface area contributed by atoms with Crippen LogP contribution in [-0.4, -0.2) is 16.5 Å². The SMILES string of the molecule is CCCn1ccc2cc(NC(=O)[C@@H](N)CC)ccc21. The van der Waals surface area contributed by atoms with Crippen molar-refractivity contribution in [3.05, 3.63) is 30.5 Å². The number of carbonyl (C=O) groups excluding carboxylic acids is 1. The Balaban J connectivity index is 2.20. The van der Waals surface area contributed by atoms with Crippen LogP contribution in [0.2, 0.25) is 0 Å². The molecule has 0 aliphatic rings. The van der Waals surface area contributed by atoms with Gasteiger partial charge in [0.05, 0.1) is 6.04 Å². The molecule has 0 saturated carbocycles. The van der Waals surface area contributed by atoms with Crippen molar-refractivity contribution >= 4 is 22.5 Å². The van der Waals surface area contributed by atoms with Crippen LogP contribution in [0.4, 0.5) is 5.69 Å². The number of aryl methyl sites for hydroxylation is 1. The van der Waals surface area contributed by atoms with Crippen molar-refractivity contribution in [1.29, 1.82) is 0 Å². The Morgan fingerprint density at radius 3 is 2.84 bits per heavy atom. The first-order chi connectivity index (χ1) is 9.15. The molecule has 1 heterocycles. The van der Waals surface area contributed by atoms with Crippen LogP contribution in [0.25, 0.3) is 10.9 Å². The van der Waals surface area contributed by atoms with E-state index in [0.717, 1.165) is 24.0 Å². The highest BCUT2D eigenvalue weighted by atomic mass is 16.2. The number of rotatable bonds is 5. The summed E-state index contributed by atoms with van der Waals surface area (Å²) < 4.78 is 2.22. The molecule has 0 unspecified atom stereocenters. The fraction of sp³-hybridized carbons (Fsp3) is 0.400. The molecule has 1 amide bonds. The number of aromatic nitrogens is 1. The molecule has 102 valence electrons. The Kier molecular flexibility index (Phi) is 4.22. The summed E-state index contributed by atoms with van der Waals surface area (Å²) in [5.74, 6) is -0.130. The van der Waals surface area contributed by atoms with Crippen molar-refractivity contribution in [2.75, 3.05) is 5.32 Å². The van der Waals surface area contributed by atoms with Gasteiger partial charge in [-0.25, -0.2) is 0 Å². The molecule has 4 heteroatoms. The van der Waals surface area contributed by atoms with Gasteiger partial charge in [0.1, 0.15) is 0 Å². The topological polar surface area (TPSA) is 60.0 Å². The molecular formula is C15H21N3O. The Morgan fingerprint density at radius 1 is 1.37 bits per heavy atom. The average Bonchev–Trinajstić information content (AvgIpc) is 2.81. The monoisotopic (exact) mass is 259 g/mol. The molecule has 0 fully saturated rings. The van der Waals surface area contributed by atoms with Crippen molar-refractivity contribution in [2.24, 2.45) is 5.73 Å². The minimum Gasteiger partial charge on any atom is -0.347 e. The van der Waals surface area contributed by atoms with Crippen molar-refractivity contribution < 1.29 is 4.79 Å². The second-order valence-corrected chi connectivity index (χ2v) is 4.79. The lowest BCUT2D eigenvalue weighted by atomic mass is 10.2. The van der Waals surface area contributed by atoms with Gasteiger partial charge in [0.25, 0.3) is 0 Å². The number of amides is 1. The zero-order chi connectivity index (χ0) is 13.8. The first-order valence-electron chi connectivity index (χ1n) is 6.81. The molecule has 3 N–H and O–H groups in total. The zero-order valence-corrected chi connectivity index (χ0v) is 11.5. The number of nitrogens with one attached hydrogen (secondary N) is 1. The lowest BCUT2D eigenvalue weighted by molar-refractivity contribution is -0.117. The minimum absolute atomic E-state index is 0.130. The van der Waals surface area contributed by atoms with Gasteiger partial charge in [-0.2, -0.15) is 0 Å². The second kappa shape index (κ2) is 5.89. The van der Waals surface area contributed by atoms with E-state index in [9.17, 15) is 4.79 Å². The van der Waals surface area contributed by atoms with E-state index in [4.69, 9.17) is 5.73 Å². The number of anilines is 1. The van der Waals surface area contributed by atoms with Gasteiger partial charge in [0.2, 0.25) is 5.91 Å². The molecule has 1 aromatic heterocycles. The highest BCUT2D eigenvalue weighted by Crippen LogP contribution is 2.21. The highest BCUT2D eigenvalue weighted by molar-refractivity contribution is 5.96. The van der Waals surface area contributed by atoms with Gasteiger partial charge in [0.15, 0.2) is 0 Å². The summed E-state index contributed by atoms with van der Waals surface area (Å²) in [7, 11) is 0. The lowest BCUT2D eigenvalue weighted by Gasteiger charge is -2.10. The maximum absolute atomic E-state index is 11.7. The smallest absolute Gasteiger partial charge is 0.241 e.